The molecule has 0 fully saturated rings. The second kappa shape index (κ2) is 13.9. The molecule has 10 heteroatoms. The van der Waals surface area contributed by atoms with Gasteiger partial charge in [-0.15, -0.1) is 0 Å². The first-order valence-corrected chi connectivity index (χ1v) is 10.2. The third kappa shape index (κ3) is 14.7. The van der Waals surface area contributed by atoms with E-state index >= 15 is 0 Å². The van der Waals surface area contributed by atoms with Gasteiger partial charge in [0.25, 0.3) is 0 Å². The molecule has 0 aromatic rings. The molecule has 0 aliphatic rings. The molecule has 0 aromatic heterocycles. The van der Waals surface area contributed by atoms with Gasteiger partial charge in [-0.2, -0.15) is 0 Å². The molecule has 0 aliphatic carbocycles. The van der Waals surface area contributed by atoms with Crippen LogP contribution in [0.5, 0.6) is 0 Å². The highest BCUT2D eigenvalue weighted by Crippen LogP contribution is 2.15. The number of hydrogen-bond donors (Lipinski definition) is 5. The van der Waals surface area contributed by atoms with Gasteiger partial charge >= 0.3 is 0 Å². The SMILES string of the molecule is CCCC(=O)NC(C)(C)COCC(C)(C)CNC(=O)CNC(=O)CNC(=O)CNC. The Labute approximate surface area is 179 Å². The summed E-state index contributed by atoms with van der Waals surface area (Å²) in [7, 11) is 1.63. The number of ether oxygens (including phenoxy) is 1. The number of nitrogens with one attached hydrogen (secondary N) is 5. The molecule has 0 saturated heterocycles. The Balaban J connectivity index is 4.11. The second-order valence-corrected chi connectivity index (χ2v) is 8.70. The highest BCUT2D eigenvalue weighted by Gasteiger charge is 2.24. The van der Waals surface area contributed by atoms with E-state index in [0.717, 1.165) is 6.42 Å². The van der Waals surface area contributed by atoms with Gasteiger partial charge in [-0.3, -0.25) is 19.2 Å². The van der Waals surface area contributed by atoms with Gasteiger partial charge in [0.05, 0.1) is 38.4 Å². The topological polar surface area (TPSA) is 138 Å². The van der Waals surface area contributed by atoms with E-state index in [4.69, 9.17) is 4.74 Å². The fourth-order valence-corrected chi connectivity index (χ4v) is 2.38. The van der Waals surface area contributed by atoms with Crippen molar-refractivity contribution >= 4 is 23.6 Å². The summed E-state index contributed by atoms with van der Waals surface area (Å²) in [4.78, 5) is 46.6. The summed E-state index contributed by atoms with van der Waals surface area (Å²) in [5, 5.41) is 13.3. The number of amides is 4. The average molecular weight is 430 g/mol. The number of carbonyl (C=O) groups is 4. The third-order valence-corrected chi connectivity index (χ3v) is 3.90. The van der Waals surface area contributed by atoms with Crippen molar-refractivity contribution in [1.82, 2.24) is 26.6 Å². The number of likely N-dealkylation sites (N-methyl/N-ethyl adjacent to an activating group) is 1. The predicted molar refractivity (Wildman–Crippen MR) is 115 cm³/mol. The lowest BCUT2D eigenvalue weighted by Crippen LogP contribution is -2.48. The van der Waals surface area contributed by atoms with Gasteiger partial charge in [0.15, 0.2) is 0 Å². The van der Waals surface area contributed by atoms with Gasteiger partial charge in [0.1, 0.15) is 0 Å². The second-order valence-electron chi connectivity index (χ2n) is 8.70. The van der Waals surface area contributed by atoms with Crippen molar-refractivity contribution in [3.05, 3.63) is 0 Å². The van der Waals surface area contributed by atoms with Crippen molar-refractivity contribution in [2.45, 2.75) is 53.0 Å². The minimum absolute atomic E-state index is 0.00117. The van der Waals surface area contributed by atoms with Gasteiger partial charge in [-0.1, -0.05) is 20.8 Å². The van der Waals surface area contributed by atoms with E-state index in [2.05, 4.69) is 26.6 Å². The number of rotatable bonds is 15. The summed E-state index contributed by atoms with van der Waals surface area (Å²) in [6.07, 6.45) is 1.28. The van der Waals surface area contributed by atoms with Crippen LogP contribution in [0.4, 0.5) is 0 Å². The van der Waals surface area contributed by atoms with E-state index in [-0.39, 0.29) is 42.8 Å². The first-order valence-electron chi connectivity index (χ1n) is 10.2. The van der Waals surface area contributed by atoms with Crippen molar-refractivity contribution in [3.8, 4) is 0 Å². The summed E-state index contributed by atoms with van der Waals surface area (Å²) < 4.78 is 5.77. The van der Waals surface area contributed by atoms with E-state index < -0.39 is 11.4 Å². The normalized spacial score (nSPS) is 11.5. The largest absolute Gasteiger partial charge is 0.378 e. The van der Waals surface area contributed by atoms with Crippen LogP contribution in [-0.2, 0) is 23.9 Å². The maximum absolute atomic E-state index is 11.9. The highest BCUT2D eigenvalue weighted by molar-refractivity contribution is 5.88. The lowest BCUT2D eigenvalue weighted by molar-refractivity contribution is -0.127. The maximum atomic E-state index is 11.9. The lowest BCUT2D eigenvalue weighted by Gasteiger charge is -2.30. The Hall–Kier alpha value is -2.20. The van der Waals surface area contributed by atoms with Crippen LogP contribution in [0.3, 0.4) is 0 Å². The minimum atomic E-state index is -0.474. The number of hydrogen-bond acceptors (Lipinski definition) is 6. The molecule has 0 heterocycles. The van der Waals surface area contributed by atoms with Crippen LogP contribution in [0.2, 0.25) is 0 Å². The van der Waals surface area contributed by atoms with Crippen molar-refractivity contribution in [2.24, 2.45) is 5.41 Å². The van der Waals surface area contributed by atoms with Crippen LogP contribution in [0, 0.1) is 5.41 Å². The summed E-state index contributed by atoms with van der Waals surface area (Å²) in [5.74, 6) is -1.07. The number of carbonyl (C=O) groups excluding carboxylic acids is 4. The summed E-state index contributed by atoms with van der Waals surface area (Å²) in [5.41, 5.74) is -0.803. The van der Waals surface area contributed by atoms with Gasteiger partial charge in [0.2, 0.25) is 23.6 Å². The molecule has 0 bridgehead atoms. The van der Waals surface area contributed by atoms with Crippen LogP contribution in [0.25, 0.3) is 0 Å². The minimum Gasteiger partial charge on any atom is -0.378 e. The molecule has 0 radical (unpaired) electrons. The van der Waals surface area contributed by atoms with Crippen LogP contribution < -0.4 is 26.6 Å². The lowest BCUT2D eigenvalue weighted by atomic mass is 9.94. The van der Waals surface area contributed by atoms with E-state index in [1.54, 1.807) is 7.05 Å². The zero-order chi connectivity index (χ0) is 23.2. The molecule has 0 spiro atoms. The molecular weight excluding hydrogens is 390 g/mol. The quantitative estimate of drug-likeness (QED) is 0.233. The van der Waals surface area contributed by atoms with Gasteiger partial charge in [0, 0.05) is 18.4 Å². The first kappa shape index (κ1) is 27.8. The molecule has 4 amide bonds. The standard InChI is InChI=1S/C20H39N5O5/c1-7-8-15(26)25-20(4,5)14-30-13-19(2,3)12-24-18(29)11-23-17(28)10-22-16(27)9-21-6/h21H,7-14H2,1-6H3,(H,22,27)(H,23,28)(H,24,29)(H,25,26). The first-order chi connectivity index (χ1) is 13.9. The van der Waals surface area contributed by atoms with E-state index in [1.807, 2.05) is 34.6 Å². The molecule has 0 aromatic carbocycles. The predicted octanol–water partition coefficient (Wildman–Crippen LogP) is -0.708. The van der Waals surface area contributed by atoms with Crippen LogP contribution in [0.15, 0.2) is 0 Å². The fraction of sp³-hybridized carbons (Fsp3) is 0.800. The third-order valence-electron chi connectivity index (χ3n) is 3.90. The summed E-state index contributed by atoms with van der Waals surface area (Å²) in [6.45, 7) is 10.5. The molecule has 30 heavy (non-hydrogen) atoms. The Kier molecular flexibility index (Phi) is 12.9. The molecule has 10 nitrogen and oxygen atoms in total. The van der Waals surface area contributed by atoms with Crippen LogP contribution in [0.1, 0.15) is 47.5 Å². The Morgan fingerprint density at radius 3 is 1.83 bits per heavy atom. The molecule has 0 saturated carbocycles. The van der Waals surface area contributed by atoms with Gasteiger partial charge < -0.3 is 31.3 Å². The fourth-order valence-electron chi connectivity index (χ4n) is 2.38. The van der Waals surface area contributed by atoms with Crippen molar-refractivity contribution in [1.29, 1.82) is 0 Å². The molecule has 5 N–H and O–H groups in total. The van der Waals surface area contributed by atoms with Gasteiger partial charge in [-0.25, -0.2) is 0 Å². The summed E-state index contributed by atoms with van der Waals surface area (Å²) in [6, 6.07) is 0. The zero-order valence-corrected chi connectivity index (χ0v) is 19.2. The van der Waals surface area contributed by atoms with Crippen LogP contribution >= 0.6 is 0 Å². The maximum Gasteiger partial charge on any atom is 0.239 e. The molecule has 0 atom stereocenters. The Bertz CT molecular complexity index is 578. The van der Waals surface area contributed by atoms with Crippen molar-refractivity contribution in [2.75, 3.05) is 46.4 Å². The smallest absolute Gasteiger partial charge is 0.239 e. The summed E-state index contributed by atoms with van der Waals surface area (Å²) >= 11 is 0. The molecular formula is C20H39N5O5. The van der Waals surface area contributed by atoms with Crippen molar-refractivity contribution in [3.63, 3.8) is 0 Å². The molecule has 0 aliphatic heterocycles. The van der Waals surface area contributed by atoms with E-state index in [1.165, 1.54) is 0 Å². The van der Waals surface area contributed by atoms with E-state index in [0.29, 0.717) is 26.2 Å². The highest BCUT2D eigenvalue weighted by atomic mass is 16.5. The van der Waals surface area contributed by atoms with Gasteiger partial charge in [-0.05, 0) is 27.3 Å². The van der Waals surface area contributed by atoms with Crippen molar-refractivity contribution < 1.29 is 23.9 Å². The monoisotopic (exact) mass is 429 g/mol. The zero-order valence-electron chi connectivity index (χ0n) is 19.2. The van der Waals surface area contributed by atoms with E-state index in [9.17, 15) is 19.2 Å². The Morgan fingerprint density at radius 1 is 0.767 bits per heavy atom. The Morgan fingerprint density at radius 2 is 1.30 bits per heavy atom. The average Bonchev–Trinajstić information content (AvgIpc) is 2.62. The molecule has 0 unspecified atom stereocenters. The van der Waals surface area contributed by atoms with Crippen LogP contribution in [-0.4, -0.2) is 75.6 Å². The molecule has 174 valence electrons. The molecule has 0 rings (SSSR count).